The fourth-order valence-corrected chi connectivity index (χ4v) is 3.07. The quantitative estimate of drug-likeness (QED) is 0.725. The Morgan fingerprint density at radius 3 is 2.29 bits per heavy atom. The lowest BCUT2D eigenvalue weighted by Crippen LogP contribution is -2.15. The van der Waals surface area contributed by atoms with Crippen LogP contribution in [0.3, 0.4) is 0 Å². The van der Waals surface area contributed by atoms with Gasteiger partial charge in [0.15, 0.2) is 0 Å². The molecule has 4 heteroatoms. The zero-order valence-corrected chi connectivity index (χ0v) is 17.3. The topological polar surface area (TPSA) is 58.2 Å². The molecule has 0 heterocycles. The molecular formula is C24H30N2O2. The van der Waals surface area contributed by atoms with E-state index in [1.807, 2.05) is 25.1 Å². The average molecular weight is 379 g/mol. The monoisotopic (exact) mass is 378 g/mol. The van der Waals surface area contributed by atoms with Gasteiger partial charge >= 0.3 is 0 Å². The number of benzene rings is 2. The summed E-state index contributed by atoms with van der Waals surface area (Å²) in [6.07, 6.45) is 3.07. The van der Waals surface area contributed by atoms with Crippen molar-refractivity contribution < 1.29 is 9.59 Å². The molecule has 148 valence electrons. The van der Waals surface area contributed by atoms with E-state index in [1.165, 1.54) is 5.56 Å². The molecule has 2 aromatic carbocycles. The third-order valence-corrected chi connectivity index (χ3v) is 5.19. The fourth-order valence-electron chi connectivity index (χ4n) is 3.07. The molecular weight excluding hydrogens is 348 g/mol. The predicted octanol–water partition coefficient (Wildman–Crippen LogP) is 5.21. The van der Waals surface area contributed by atoms with E-state index in [1.54, 1.807) is 0 Å². The maximum atomic E-state index is 12.4. The van der Waals surface area contributed by atoms with E-state index in [0.29, 0.717) is 12.8 Å². The Kier molecular flexibility index (Phi) is 5.87. The van der Waals surface area contributed by atoms with E-state index in [9.17, 15) is 9.59 Å². The Morgan fingerprint density at radius 2 is 1.68 bits per heavy atom. The van der Waals surface area contributed by atoms with E-state index in [-0.39, 0.29) is 23.1 Å². The van der Waals surface area contributed by atoms with Gasteiger partial charge in [0, 0.05) is 23.7 Å². The van der Waals surface area contributed by atoms with Crippen LogP contribution in [0.5, 0.6) is 0 Å². The van der Waals surface area contributed by atoms with Crippen LogP contribution in [0, 0.1) is 12.8 Å². The van der Waals surface area contributed by atoms with Gasteiger partial charge in [-0.25, -0.2) is 0 Å². The van der Waals surface area contributed by atoms with Crippen molar-refractivity contribution >= 4 is 23.2 Å². The number of rotatable bonds is 6. The second-order valence-corrected chi connectivity index (χ2v) is 8.79. The molecule has 1 fully saturated rings. The molecule has 0 spiro atoms. The zero-order valence-electron chi connectivity index (χ0n) is 17.3. The predicted molar refractivity (Wildman–Crippen MR) is 115 cm³/mol. The van der Waals surface area contributed by atoms with Crippen molar-refractivity contribution in [2.24, 2.45) is 5.92 Å². The van der Waals surface area contributed by atoms with Gasteiger partial charge in [0.05, 0.1) is 0 Å². The fraction of sp³-hybridized carbons (Fsp3) is 0.417. The summed E-state index contributed by atoms with van der Waals surface area (Å²) < 4.78 is 0. The minimum absolute atomic E-state index is 0.0198. The van der Waals surface area contributed by atoms with Crippen LogP contribution in [-0.2, 0) is 21.4 Å². The molecule has 2 amide bonds. The average Bonchev–Trinajstić information content (AvgIpc) is 3.48. The number of nitrogens with one attached hydrogen (secondary N) is 2. The van der Waals surface area contributed by atoms with Gasteiger partial charge < -0.3 is 10.6 Å². The molecule has 0 radical (unpaired) electrons. The van der Waals surface area contributed by atoms with Crippen molar-refractivity contribution in [2.45, 2.75) is 58.8 Å². The first kappa shape index (κ1) is 20.1. The van der Waals surface area contributed by atoms with Crippen molar-refractivity contribution in [1.82, 2.24) is 0 Å². The lowest BCUT2D eigenvalue weighted by molar-refractivity contribution is -0.117. The van der Waals surface area contributed by atoms with Crippen molar-refractivity contribution in [3.8, 4) is 0 Å². The zero-order chi connectivity index (χ0) is 20.3. The van der Waals surface area contributed by atoms with Gasteiger partial charge in [-0.1, -0.05) is 51.1 Å². The lowest BCUT2D eigenvalue weighted by Gasteiger charge is -2.19. The molecule has 0 aliphatic heterocycles. The van der Waals surface area contributed by atoms with E-state index in [4.69, 9.17) is 0 Å². The first-order valence-electron chi connectivity index (χ1n) is 10.0. The van der Waals surface area contributed by atoms with Gasteiger partial charge in [-0.05, 0) is 60.4 Å². The summed E-state index contributed by atoms with van der Waals surface area (Å²) in [6.45, 7) is 8.53. The Labute approximate surface area is 167 Å². The third-order valence-electron chi connectivity index (χ3n) is 5.19. The lowest BCUT2D eigenvalue weighted by atomic mass is 9.86. The number of hydrogen-bond acceptors (Lipinski definition) is 2. The van der Waals surface area contributed by atoms with Gasteiger partial charge in [0.2, 0.25) is 11.8 Å². The minimum Gasteiger partial charge on any atom is -0.326 e. The minimum atomic E-state index is -0.0198. The molecule has 0 saturated heterocycles. The Morgan fingerprint density at radius 1 is 1.00 bits per heavy atom. The SMILES string of the molecule is Cc1ccc(NC(=O)C2CC2)cc1NC(=O)CCc1ccc(C(C)(C)C)cc1. The molecule has 1 saturated carbocycles. The van der Waals surface area contributed by atoms with E-state index < -0.39 is 0 Å². The number of aryl methyl sites for hydroxylation is 2. The summed E-state index contributed by atoms with van der Waals surface area (Å²) >= 11 is 0. The molecule has 28 heavy (non-hydrogen) atoms. The number of anilines is 2. The van der Waals surface area contributed by atoms with Crippen LogP contribution < -0.4 is 10.6 Å². The van der Waals surface area contributed by atoms with E-state index in [2.05, 4.69) is 55.7 Å². The highest BCUT2D eigenvalue weighted by Gasteiger charge is 2.29. The van der Waals surface area contributed by atoms with Crippen molar-refractivity contribution in [3.05, 3.63) is 59.2 Å². The Hall–Kier alpha value is -2.62. The second-order valence-electron chi connectivity index (χ2n) is 8.79. The van der Waals surface area contributed by atoms with Gasteiger partial charge in [-0.15, -0.1) is 0 Å². The first-order valence-corrected chi connectivity index (χ1v) is 10.0. The second kappa shape index (κ2) is 8.17. The molecule has 2 aromatic rings. The van der Waals surface area contributed by atoms with Crippen LogP contribution in [-0.4, -0.2) is 11.8 Å². The van der Waals surface area contributed by atoms with Crippen LogP contribution >= 0.6 is 0 Å². The summed E-state index contributed by atoms with van der Waals surface area (Å²) in [5.41, 5.74) is 5.05. The smallest absolute Gasteiger partial charge is 0.227 e. The number of hydrogen-bond donors (Lipinski definition) is 2. The van der Waals surface area contributed by atoms with Crippen LogP contribution in [0.25, 0.3) is 0 Å². The van der Waals surface area contributed by atoms with Gasteiger partial charge in [-0.3, -0.25) is 9.59 Å². The molecule has 4 nitrogen and oxygen atoms in total. The summed E-state index contributed by atoms with van der Waals surface area (Å²) in [6, 6.07) is 14.1. The van der Waals surface area contributed by atoms with Gasteiger partial charge in [0.25, 0.3) is 0 Å². The van der Waals surface area contributed by atoms with Gasteiger partial charge in [0.1, 0.15) is 0 Å². The Balaban J connectivity index is 1.56. The van der Waals surface area contributed by atoms with Crippen LogP contribution in [0.1, 0.15) is 56.7 Å². The van der Waals surface area contributed by atoms with Crippen molar-refractivity contribution in [2.75, 3.05) is 10.6 Å². The summed E-state index contributed by atoms with van der Waals surface area (Å²) in [7, 11) is 0. The molecule has 0 atom stereocenters. The van der Waals surface area contributed by atoms with Crippen molar-refractivity contribution in [1.29, 1.82) is 0 Å². The molecule has 1 aliphatic rings. The number of carbonyl (C=O) groups excluding carboxylic acids is 2. The molecule has 1 aliphatic carbocycles. The van der Waals surface area contributed by atoms with Gasteiger partial charge in [-0.2, -0.15) is 0 Å². The van der Waals surface area contributed by atoms with Crippen LogP contribution in [0.2, 0.25) is 0 Å². The summed E-state index contributed by atoms with van der Waals surface area (Å²) in [5, 5.41) is 5.91. The molecule has 3 rings (SSSR count). The third kappa shape index (κ3) is 5.44. The first-order chi connectivity index (χ1) is 13.2. The maximum Gasteiger partial charge on any atom is 0.227 e. The Bertz CT molecular complexity index is 859. The molecule has 0 bridgehead atoms. The van der Waals surface area contributed by atoms with Crippen molar-refractivity contribution in [3.63, 3.8) is 0 Å². The highest BCUT2D eigenvalue weighted by molar-refractivity contribution is 5.96. The highest BCUT2D eigenvalue weighted by Crippen LogP contribution is 2.31. The van der Waals surface area contributed by atoms with Crippen LogP contribution in [0.15, 0.2) is 42.5 Å². The largest absolute Gasteiger partial charge is 0.326 e. The van der Waals surface area contributed by atoms with E-state index in [0.717, 1.165) is 35.3 Å². The molecule has 0 unspecified atom stereocenters. The number of carbonyl (C=O) groups is 2. The highest BCUT2D eigenvalue weighted by atomic mass is 16.2. The molecule has 0 aromatic heterocycles. The number of amides is 2. The summed E-state index contributed by atoms with van der Waals surface area (Å²) in [4.78, 5) is 24.4. The summed E-state index contributed by atoms with van der Waals surface area (Å²) in [5.74, 6) is 0.206. The van der Waals surface area contributed by atoms with E-state index >= 15 is 0 Å². The maximum absolute atomic E-state index is 12.4. The standard InChI is InChI=1S/C24H30N2O2/c1-16-5-13-20(25-23(28)18-9-10-18)15-21(16)26-22(27)14-8-17-6-11-19(12-7-17)24(2,3)4/h5-7,11-13,15,18H,8-10,14H2,1-4H3,(H,25,28)(H,26,27). The molecule has 2 N–H and O–H groups in total. The normalized spacial score (nSPS) is 13.9. The van der Waals surface area contributed by atoms with Crippen LogP contribution in [0.4, 0.5) is 11.4 Å².